The van der Waals surface area contributed by atoms with Crippen LogP contribution in [0.25, 0.3) is 33.4 Å². The highest BCUT2D eigenvalue weighted by atomic mass is 16.5. The maximum Gasteiger partial charge on any atom is 0.127 e. The molecule has 8 rings (SSSR count). The van der Waals surface area contributed by atoms with E-state index in [0.29, 0.717) is 6.61 Å². The zero-order chi connectivity index (χ0) is 40.3. The second kappa shape index (κ2) is 14.7. The van der Waals surface area contributed by atoms with Crippen molar-refractivity contribution in [3.05, 3.63) is 142 Å². The smallest absolute Gasteiger partial charge is 0.127 e. The summed E-state index contributed by atoms with van der Waals surface area (Å²) in [6.45, 7) is 26.5. The molecule has 57 heavy (non-hydrogen) atoms. The molecule has 1 heterocycles. The molecule has 1 saturated heterocycles. The monoisotopic (exact) mass is 758 g/mol. The van der Waals surface area contributed by atoms with Crippen LogP contribution in [0.1, 0.15) is 113 Å². The molecule has 3 heteroatoms. The second-order valence-electron chi connectivity index (χ2n) is 20.3. The van der Waals surface area contributed by atoms with E-state index in [4.69, 9.17) is 14.2 Å². The van der Waals surface area contributed by atoms with E-state index in [-0.39, 0.29) is 21.7 Å². The average molecular weight is 759 g/mol. The summed E-state index contributed by atoms with van der Waals surface area (Å²) >= 11 is 0. The predicted octanol–water partition coefficient (Wildman–Crippen LogP) is 13.3. The minimum atomic E-state index is -0.0755. The summed E-state index contributed by atoms with van der Waals surface area (Å²) in [7, 11) is 0. The third-order valence-corrected chi connectivity index (χ3v) is 12.8. The molecule has 5 aromatic rings. The highest BCUT2D eigenvalue weighted by molar-refractivity contribution is 5.78. The summed E-state index contributed by atoms with van der Waals surface area (Å²) in [5, 5.41) is 0. The topological polar surface area (TPSA) is 27.7 Å². The molecule has 3 nitrogen and oxygen atoms in total. The minimum Gasteiger partial charge on any atom is -0.492 e. The van der Waals surface area contributed by atoms with Gasteiger partial charge in [0.2, 0.25) is 0 Å². The van der Waals surface area contributed by atoms with Gasteiger partial charge in [-0.25, -0.2) is 0 Å². The molecule has 0 unspecified atom stereocenters. The first-order valence-corrected chi connectivity index (χ1v) is 21.2. The van der Waals surface area contributed by atoms with Gasteiger partial charge in [-0.3, -0.25) is 0 Å². The SMILES string of the molecule is C=COc1ccc(C(C)(C)C)c(-c2cc(C(C)(C)C)ccc2OCC2(CCc3cc(-c4cc(-c5ccc6c(c5)CC6)cc(C(C)(C)C)c4)cc4c3CC4)COC2)c1. The van der Waals surface area contributed by atoms with E-state index in [1.165, 1.54) is 86.7 Å². The van der Waals surface area contributed by atoms with Crippen molar-refractivity contribution < 1.29 is 14.2 Å². The van der Waals surface area contributed by atoms with E-state index >= 15 is 0 Å². The first-order valence-electron chi connectivity index (χ1n) is 21.2. The average Bonchev–Trinajstić information content (AvgIpc) is 3.11. The molecule has 0 bridgehead atoms. The molecule has 5 aromatic carbocycles. The Kier molecular flexibility index (Phi) is 10.1. The number of hydrogen-bond acceptors (Lipinski definition) is 3. The van der Waals surface area contributed by atoms with Crippen LogP contribution < -0.4 is 9.47 Å². The van der Waals surface area contributed by atoms with Gasteiger partial charge in [0.1, 0.15) is 11.5 Å². The van der Waals surface area contributed by atoms with Crippen molar-refractivity contribution in [2.24, 2.45) is 5.41 Å². The molecule has 3 aliphatic rings. The number of aryl methyl sites for hydroxylation is 4. The summed E-state index contributed by atoms with van der Waals surface area (Å²) in [6, 6.07) is 32.5. The summed E-state index contributed by atoms with van der Waals surface area (Å²) in [4.78, 5) is 0. The Bertz CT molecular complexity index is 2330. The fraction of sp³-hybridized carbons (Fsp3) is 0.407. The van der Waals surface area contributed by atoms with Gasteiger partial charge in [-0.1, -0.05) is 123 Å². The number of benzene rings is 5. The van der Waals surface area contributed by atoms with Gasteiger partial charge in [0.25, 0.3) is 0 Å². The van der Waals surface area contributed by atoms with Crippen molar-refractivity contribution in [2.75, 3.05) is 19.8 Å². The van der Waals surface area contributed by atoms with Crippen LogP contribution in [0, 0.1) is 5.41 Å². The molecule has 0 atom stereocenters. The standard InChI is InChI=1S/C54H62O3/c1-11-56-45-18-20-49(53(8,9)10)47(31-45)48-30-43(51(2,3)4)17-21-50(48)57-34-54(32-55-33-54)23-22-39-26-40(25-38-16-19-46(38)39)42-27-41(28-44(29-42)52(5,6)7)37-15-13-35-12-14-36(35)24-37/h11,13,15,17-18,20-21,24-31H,1,12,14,16,19,22-23,32-34H2,2-10H3. The minimum absolute atomic E-state index is 0.0126. The van der Waals surface area contributed by atoms with Gasteiger partial charge in [0.05, 0.1) is 31.5 Å². The fourth-order valence-corrected chi connectivity index (χ4v) is 8.81. The zero-order valence-electron chi connectivity index (χ0n) is 36.0. The largest absolute Gasteiger partial charge is 0.492 e. The van der Waals surface area contributed by atoms with Gasteiger partial charge in [0, 0.05) is 5.56 Å². The third kappa shape index (κ3) is 7.98. The Labute approximate surface area is 342 Å². The van der Waals surface area contributed by atoms with Crippen molar-refractivity contribution in [1.29, 1.82) is 0 Å². The maximum absolute atomic E-state index is 6.96. The summed E-state index contributed by atoms with van der Waals surface area (Å²) in [5.74, 6) is 1.68. The lowest BCUT2D eigenvalue weighted by Gasteiger charge is -2.42. The molecule has 0 N–H and O–H groups in total. The molecule has 0 amide bonds. The fourth-order valence-electron chi connectivity index (χ4n) is 8.81. The van der Waals surface area contributed by atoms with Crippen LogP contribution >= 0.6 is 0 Å². The number of fused-ring (bicyclic) bond motifs is 2. The number of ether oxygens (including phenoxy) is 3. The normalized spacial score (nSPS) is 15.7. The molecule has 1 fully saturated rings. The van der Waals surface area contributed by atoms with Crippen LogP contribution in [-0.4, -0.2) is 19.8 Å². The molecule has 0 spiro atoms. The number of rotatable bonds is 11. The molecule has 1 aliphatic heterocycles. The lowest BCUT2D eigenvalue weighted by Crippen LogP contribution is -2.47. The van der Waals surface area contributed by atoms with Crippen molar-refractivity contribution in [2.45, 2.75) is 117 Å². The quantitative estimate of drug-likeness (QED) is 0.126. The van der Waals surface area contributed by atoms with Gasteiger partial charge in [-0.05, 0) is 157 Å². The van der Waals surface area contributed by atoms with E-state index in [2.05, 4.69) is 148 Å². The molecule has 0 aromatic heterocycles. The highest BCUT2D eigenvalue weighted by Gasteiger charge is 2.40. The number of hydrogen-bond donors (Lipinski definition) is 0. The van der Waals surface area contributed by atoms with Crippen LogP contribution in [0.2, 0.25) is 0 Å². The molecular formula is C54H62O3. The van der Waals surface area contributed by atoms with E-state index < -0.39 is 0 Å². The van der Waals surface area contributed by atoms with Gasteiger partial charge in [-0.15, -0.1) is 0 Å². The second-order valence-corrected chi connectivity index (χ2v) is 20.3. The lowest BCUT2D eigenvalue weighted by atomic mass is 9.76. The molecule has 0 radical (unpaired) electrons. The Morgan fingerprint density at radius 2 is 1.30 bits per heavy atom. The molecule has 2 aliphatic carbocycles. The first-order chi connectivity index (χ1) is 27.0. The first kappa shape index (κ1) is 39.2. The lowest BCUT2D eigenvalue weighted by molar-refractivity contribution is -0.135. The Balaban J connectivity index is 1.08. The maximum atomic E-state index is 6.96. The molecular weight excluding hydrogens is 697 g/mol. The van der Waals surface area contributed by atoms with Gasteiger partial charge in [-0.2, -0.15) is 0 Å². The van der Waals surface area contributed by atoms with Crippen molar-refractivity contribution in [3.63, 3.8) is 0 Å². The third-order valence-electron chi connectivity index (χ3n) is 12.8. The van der Waals surface area contributed by atoms with Crippen LogP contribution in [0.3, 0.4) is 0 Å². The van der Waals surface area contributed by atoms with Gasteiger partial charge >= 0.3 is 0 Å². The van der Waals surface area contributed by atoms with Gasteiger partial charge < -0.3 is 14.2 Å². The van der Waals surface area contributed by atoms with E-state index in [0.717, 1.165) is 55.1 Å². The van der Waals surface area contributed by atoms with Crippen molar-refractivity contribution in [3.8, 4) is 44.9 Å². The van der Waals surface area contributed by atoms with Crippen LogP contribution in [0.5, 0.6) is 11.5 Å². The van der Waals surface area contributed by atoms with E-state index in [1.807, 2.05) is 6.07 Å². The zero-order valence-corrected chi connectivity index (χ0v) is 36.0. The van der Waals surface area contributed by atoms with Gasteiger partial charge in [0.15, 0.2) is 0 Å². The van der Waals surface area contributed by atoms with E-state index in [9.17, 15) is 0 Å². The summed E-state index contributed by atoms with van der Waals surface area (Å²) < 4.78 is 18.7. The van der Waals surface area contributed by atoms with Crippen LogP contribution in [0.4, 0.5) is 0 Å². The van der Waals surface area contributed by atoms with Crippen molar-refractivity contribution in [1.82, 2.24) is 0 Å². The predicted molar refractivity (Wildman–Crippen MR) is 238 cm³/mol. The Morgan fingerprint density at radius 1 is 0.614 bits per heavy atom. The van der Waals surface area contributed by atoms with Crippen LogP contribution in [0.15, 0.2) is 97.8 Å². The Hall–Kier alpha value is -4.60. The van der Waals surface area contributed by atoms with E-state index in [1.54, 1.807) is 5.56 Å². The van der Waals surface area contributed by atoms with Crippen molar-refractivity contribution >= 4 is 0 Å². The molecule has 296 valence electrons. The highest BCUT2D eigenvalue weighted by Crippen LogP contribution is 2.44. The van der Waals surface area contributed by atoms with Crippen LogP contribution in [-0.2, 0) is 53.1 Å². The summed E-state index contributed by atoms with van der Waals surface area (Å²) in [5.41, 5.74) is 19.0. The summed E-state index contributed by atoms with van der Waals surface area (Å²) in [6.07, 6.45) is 8.28. The Morgan fingerprint density at radius 3 is 1.89 bits per heavy atom. The molecule has 0 saturated carbocycles.